The Morgan fingerprint density at radius 2 is 2.15 bits per heavy atom. The summed E-state index contributed by atoms with van der Waals surface area (Å²) in [6.07, 6.45) is 2.22. The fraction of sp³-hybridized carbons (Fsp3) is 0.867. The van der Waals surface area contributed by atoms with Gasteiger partial charge in [0.2, 0.25) is 11.8 Å². The van der Waals surface area contributed by atoms with Gasteiger partial charge in [-0.25, -0.2) is 0 Å². The van der Waals surface area contributed by atoms with Gasteiger partial charge in [-0.05, 0) is 33.1 Å². The monoisotopic (exact) mass is 282 g/mol. The number of amides is 2. The Balaban J connectivity index is 2.28. The van der Waals surface area contributed by atoms with E-state index in [-0.39, 0.29) is 23.9 Å². The van der Waals surface area contributed by atoms with Gasteiger partial charge in [-0.1, -0.05) is 13.8 Å². The van der Waals surface area contributed by atoms with Crippen molar-refractivity contribution in [2.45, 2.75) is 64.6 Å². The van der Waals surface area contributed by atoms with Gasteiger partial charge in [0.05, 0.1) is 6.61 Å². The van der Waals surface area contributed by atoms with E-state index in [1.807, 2.05) is 25.7 Å². The van der Waals surface area contributed by atoms with Gasteiger partial charge in [0.1, 0.15) is 11.6 Å². The molecule has 0 aromatic heterocycles. The van der Waals surface area contributed by atoms with Crippen molar-refractivity contribution in [1.29, 1.82) is 0 Å². The molecule has 20 heavy (non-hydrogen) atoms. The predicted molar refractivity (Wildman–Crippen MR) is 76.2 cm³/mol. The number of carbonyl (C=O) groups is 2. The van der Waals surface area contributed by atoms with Crippen LogP contribution < -0.4 is 5.32 Å². The van der Waals surface area contributed by atoms with Crippen molar-refractivity contribution < 1.29 is 14.3 Å². The van der Waals surface area contributed by atoms with Crippen molar-refractivity contribution in [3.63, 3.8) is 0 Å². The molecule has 0 bridgehead atoms. The lowest BCUT2D eigenvalue weighted by Gasteiger charge is -2.47. The molecule has 0 radical (unpaired) electrons. The molecule has 2 saturated heterocycles. The summed E-state index contributed by atoms with van der Waals surface area (Å²) >= 11 is 0. The van der Waals surface area contributed by atoms with Crippen LogP contribution in [-0.4, -0.2) is 47.6 Å². The summed E-state index contributed by atoms with van der Waals surface area (Å²) in [6.45, 7) is 9.21. The van der Waals surface area contributed by atoms with E-state index < -0.39 is 5.54 Å². The van der Waals surface area contributed by atoms with Crippen LogP contribution in [0.1, 0.15) is 47.0 Å². The highest BCUT2D eigenvalue weighted by atomic mass is 16.5. The van der Waals surface area contributed by atoms with Gasteiger partial charge in [-0.3, -0.25) is 9.59 Å². The van der Waals surface area contributed by atoms with Crippen LogP contribution in [0.25, 0.3) is 0 Å². The number of ether oxygens (including phenoxy) is 1. The van der Waals surface area contributed by atoms with E-state index in [1.165, 1.54) is 0 Å². The average Bonchev–Trinajstić information content (AvgIpc) is 2.95. The van der Waals surface area contributed by atoms with E-state index in [0.717, 1.165) is 13.0 Å². The Morgan fingerprint density at radius 1 is 1.45 bits per heavy atom. The van der Waals surface area contributed by atoms with Crippen LogP contribution in [0.15, 0.2) is 0 Å². The van der Waals surface area contributed by atoms with Crippen molar-refractivity contribution >= 4 is 11.8 Å². The largest absolute Gasteiger partial charge is 0.381 e. The highest BCUT2D eigenvalue weighted by Gasteiger charge is 2.49. The molecule has 5 heteroatoms. The fourth-order valence-electron chi connectivity index (χ4n) is 3.21. The summed E-state index contributed by atoms with van der Waals surface area (Å²) in [5.41, 5.74) is -0.767. The Morgan fingerprint density at radius 3 is 2.65 bits per heavy atom. The van der Waals surface area contributed by atoms with Gasteiger partial charge in [0, 0.05) is 18.6 Å². The SMILES string of the molecule is CCC1C(=O)NC(C)(CC)C(=O)N1C(C)C1CCOC1. The first kappa shape index (κ1) is 15.3. The normalized spacial score (nSPS) is 36.1. The fourth-order valence-corrected chi connectivity index (χ4v) is 3.21. The zero-order valence-electron chi connectivity index (χ0n) is 12.9. The van der Waals surface area contributed by atoms with Crippen LogP contribution in [0.3, 0.4) is 0 Å². The Kier molecular flexibility index (Phi) is 4.37. The van der Waals surface area contributed by atoms with Crippen LogP contribution in [0.4, 0.5) is 0 Å². The van der Waals surface area contributed by atoms with Crippen molar-refractivity contribution in [1.82, 2.24) is 10.2 Å². The minimum atomic E-state index is -0.767. The van der Waals surface area contributed by atoms with Crippen molar-refractivity contribution in [2.75, 3.05) is 13.2 Å². The maximum absolute atomic E-state index is 12.9. The highest BCUT2D eigenvalue weighted by Crippen LogP contribution is 2.30. The Labute approximate surface area is 121 Å². The third-order valence-corrected chi connectivity index (χ3v) is 4.92. The molecule has 0 aliphatic carbocycles. The molecule has 2 rings (SSSR count). The summed E-state index contributed by atoms with van der Waals surface area (Å²) in [5, 5.41) is 2.91. The standard InChI is InChI=1S/C15H26N2O3/c1-5-12-13(18)16-15(4,6-2)14(19)17(12)10(3)11-7-8-20-9-11/h10-12H,5-9H2,1-4H3,(H,16,18). The number of carbonyl (C=O) groups excluding carboxylic acids is 2. The summed E-state index contributed by atoms with van der Waals surface area (Å²) in [5.74, 6) is 0.355. The second-order valence-corrected chi connectivity index (χ2v) is 6.18. The van der Waals surface area contributed by atoms with Crippen LogP contribution in [0.2, 0.25) is 0 Å². The Bertz CT molecular complexity index is 393. The molecular formula is C15H26N2O3. The molecule has 0 aromatic carbocycles. The second-order valence-electron chi connectivity index (χ2n) is 6.18. The van der Waals surface area contributed by atoms with E-state index in [9.17, 15) is 9.59 Å². The molecule has 2 aliphatic heterocycles. The predicted octanol–water partition coefficient (Wildman–Crippen LogP) is 1.32. The molecule has 5 nitrogen and oxygen atoms in total. The number of rotatable bonds is 4. The third kappa shape index (κ3) is 2.43. The molecule has 114 valence electrons. The summed E-state index contributed by atoms with van der Waals surface area (Å²) in [4.78, 5) is 27.0. The van der Waals surface area contributed by atoms with E-state index in [0.29, 0.717) is 25.4 Å². The minimum Gasteiger partial charge on any atom is -0.381 e. The van der Waals surface area contributed by atoms with E-state index in [1.54, 1.807) is 0 Å². The first-order valence-electron chi connectivity index (χ1n) is 7.67. The van der Waals surface area contributed by atoms with Crippen molar-refractivity contribution in [3.05, 3.63) is 0 Å². The third-order valence-electron chi connectivity index (χ3n) is 4.92. The molecule has 0 spiro atoms. The van der Waals surface area contributed by atoms with Gasteiger partial charge < -0.3 is 15.0 Å². The lowest BCUT2D eigenvalue weighted by molar-refractivity contribution is -0.158. The second kappa shape index (κ2) is 5.72. The van der Waals surface area contributed by atoms with Gasteiger partial charge >= 0.3 is 0 Å². The molecule has 1 N–H and O–H groups in total. The quantitative estimate of drug-likeness (QED) is 0.846. The Hall–Kier alpha value is -1.10. The van der Waals surface area contributed by atoms with Gasteiger partial charge in [0.15, 0.2) is 0 Å². The highest BCUT2D eigenvalue weighted by molar-refractivity contribution is 5.99. The molecule has 2 heterocycles. The molecule has 0 aromatic rings. The zero-order valence-corrected chi connectivity index (χ0v) is 12.9. The molecular weight excluding hydrogens is 256 g/mol. The minimum absolute atomic E-state index is 0.0257. The van der Waals surface area contributed by atoms with E-state index >= 15 is 0 Å². The zero-order chi connectivity index (χ0) is 14.9. The van der Waals surface area contributed by atoms with Gasteiger partial charge in [-0.2, -0.15) is 0 Å². The smallest absolute Gasteiger partial charge is 0.248 e. The van der Waals surface area contributed by atoms with Crippen LogP contribution in [0.5, 0.6) is 0 Å². The molecule has 4 unspecified atom stereocenters. The van der Waals surface area contributed by atoms with Gasteiger partial charge in [0.25, 0.3) is 0 Å². The van der Waals surface area contributed by atoms with Gasteiger partial charge in [-0.15, -0.1) is 0 Å². The average molecular weight is 282 g/mol. The maximum Gasteiger partial charge on any atom is 0.248 e. The number of piperazine rings is 1. The first-order chi connectivity index (χ1) is 9.44. The number of nitrogens with one attached hydrogen (secondary N) is 1. The lowest BCUT2D eigenvalue weighted by atomic mass is 9.87. The molecule has 4 atom stereocenters. The number of nitrogens with zero attached hydrogens (tertiary/aromatic N) is 1. The van der Waals surface area contributed by atoms with Crippen molar-refractivity contribution in [2.24, 2.45) is 5.92 Å². The topological polar surface area (TPSA) is 58.6 Å². The van der Waals surface area contributed by atoms with Crippen LogP contribution in [0, 0.1) is 5.92 Å². The summed E-state index contributed by atoms with van der Waals surface area (Å²) in [6, 6.07) is -0.301. The first-order valence-corrected chi connectivity index (χ1v) is 7.67. The van der Waals surface area contributed by atoms with E-state index in [2.05, 4.69) is 12.2 Å². The number of hydrogen-bond acceptors (Lipinski definition) is 3. The summed E-state index contributed by atoms with van der Waals surface area (Å²) in [7, 11) is 0. The van der Waals surface area contributed by atoms with E-state index in [4.69, 9.17) is 4.74 Å². The molecule has 2 amide bonds. The molecule has 2 aliphatic rings. The molecule has 0 saturated carbocycles. The maximum atomic E-state index is 12.9. The number of hydrogen-bond donors (Lipinski definition) is 1. The molecule has 2 fully saturated rings. The lowest BCUT2D eigenvalue weighted by Crippen LogP contribution is -2.71. The van der Waals surface area contributed by atoms with Crippen LogP contribution >= 0.6 is 0 Å². The summed E-state index contributed by atoms with van der Waals surface area (Å²) < 4.78 is 5.44. The van der Waals surface area contributed by atoms with Crippen molar-refractivity contribution in [3.8, 4) is 0 Å². The van der Waals surface area contributed by atoms with Crippen LogP contribution in [-0.2, 0) is 14.3 Å².